The van der Waals surface area contributed by atoms with E-state index in [1.165, 1.54) is 12.0 Å². The van der Waals surface area contributed by atoms with Crippen LogP contribution in [0.25, 0.3) is 0 Å². The number of hydrogen-bond donors (Lipinski definition) is 1. The second-order valence-corrected chi connectivity index (χ2v) is 3.35. The van der Waals surface area contributed by atoms with Crippen LogP contribution in [0, 0.1) is 5.92 Å². The highest BCUT2D eigenvalue weighted by Crippen LogP contribution is 2.06. The summed E-state index contributed by atoms with van der Waals surface area (Å²) in [6.45, 7) is 3.36. The van der Waals surface area contributed by atoms with E-state index < -0.39 is 0 Å². The molecule has 12 heavy (non-hydrogen) atoms. The summed E-state index contributed by atoms with van der Waals surface area (Å²) >= 11 is 0. The number of rotatable bonds is 4. The smallest absolute Gasteiger partial charge is 0.00230 e. The molecule has 0 bridgehead atoms. The van der Waals surface area contributed by atoms with E-state index in [1.807, 2.05) is 7.05 Å². The van der Waals surface area contributed by atoms with E-state index in [4.69, 9.17) is 0 Å². The van der Waals surface area contributed by atoms with Gasteiger partial charge in [0.15, 0.2) is 0 Å². The van der Waals surface area contributed by atoms with Crippen molar-refractivity contribution >= 4 is 0 Å². The average Bonchev–Trinajstić information content (AvgIpc) is 2.06. The highest BCUT2D eigenvalue weighted by Gasteiger charge is 2.00. The fraction of sp³-hybridized carbons (Fsp3) is 0.455. The van der Waals surface area contributed by atoms with Gasteiger partial charge >= 0.3 is 0 Å². The van der Waals surface area contributed by atoms with Crippen molar-refractivity contribution in [2.45, 2.75) is 13.3 Å². The minimum Gasteiger partial charge on any atom is -0.319 e. The molecule has 0 aliphatic heterocycles. The predicted molar refractivity (Wildman–Crippen MR) is 53.2 cm³/mol. The number of nitrogens with one attached hydrogen (secondary N) is 1. The van der Waals surface area contributed by atoms with E-state index in [2.05, 4.69) is 42.6 Å². The monoisotopic (exact) mass is 163 g/mol. The molecular weight excluding hydrogens is 146 g/mol. The fourth-order valence-electron chi connectivity index (χ4n) is 1.44. The van der Waals surface area contributed by atoms with Crippen molar-refractivity contribution in [3.63, 3.8) is 0 Å². The minimum atomic E-state index is 0.720. The summed E-state index contributed by atoms with van der Waals surface area (Å²) in [5.74, 6) is 0.720. The third-order valence-corrected chi connectivity index (χ3v) is 1.98. The summed E-state index contributed by atoms with van der Waals surface area (Å²) < 4.78 is 0. The van der Waals surface area contributed by atoms with Gasteiger partial charge in [0.2, 0.25) is 0 Å². The molecule has 1 atom stereocenters. The van der Waals surface area contributed by atoms with Crippen molar-refractivity contribution in [1.82, 2.24) is 5.32 Å². The molecule has 0 aliphatic rings. The van der Waals surface area contributed by atoms with Crippen molar-refractivity contribution in [1.29, 1.82) is 0 Å². The van der Waals surface area contributed by atoms with E-state index in [1.54, 1.807) is 0 Å². The summed E-state index contributed by atoms with van der Waals surface area (Å²) in [4.78, 5) is 0. The SMILES string of the molecule is CNC[C@@H](C)Cc1ccccc1. The van der Waals surface area contributed by atoms with Gasteiger partial charge in [-0.05, 0) is 31.5 Å². The molecule has 1 nitrogen and oxygen atoms in total. The largest absolute Gasteiger partial charge is 0.319 e. The van der Waals surface area contributed by atoms with Crippen molar-refractivity contribution < 1.29 is 0 Å². The lowest BCUT2D eigenvalue weighted by Gasteiger charge is -2.09. The van der Waals surface area contributed by atoms with Gasteiger partial charge in [-0.3, -0.25) is 0 Å². The fourth-order valence-corrected chi connectivity index (χ4v) is 1.44. The first-order valence-electron chi connectivity index (χ1n) is 4.51. The second kappa shape index (κ2) is 4.94. The lowest BCUT2D eigenvalue weighted by molar-refractivity contribution is 0.542. The third kappa shape index (κ3) is 3.05. The molecule has 1 N–H and O–H groups in total. The Labute approximate surface area is 74.8 Å². The van der Waals surface area contributed by atoms with Crippen LogP contribution in [-0.4, -0.2) is 13.6 Å². The molecule has 66 valence electrons. The quantitative estimate of drug-likeness (QED) is 0.716. The van der Waals surface area contributed by atoms with Crippen LogP contribution in [0.15, 0.2) is 30.3 Å². The Morgan fingerprint density at radius 2 is 1.92 bits per heavy atom. The average molecular weight is 163 g/mol. The molecule has 1 aromatic carbocycles. The summed E-state index contributed by atoms with van der Waals surface area (Å²) in [6, 6.07) is 10.6. The molecule has 1 heteroatoms. The molecule has 0 amide bonds. The van der Waals surface area contributed by atoms with Gasteiger partial charge < -0.3 is 5.32 Å². The van der Waals surface area contributed by atoms with Crippen LogP contribution in [-0.2, 0) is 6.42 Å². The lowest BCUT2D eigenvalue weighted by atomic mass is 10.0. The van der Waals surface area contributed by atoms with Crippen LogP contribution >= 0.6 is 0 Å². The Hall–Kier alpha value is -0.820. The standard InChI is InChI=1S/C11H17N/c1-10(9-12-2)8-11-6-4-3-5-7-11/h3-7,10,12H,8-9H2,1-2H3/t10-/m0/s1. The zero-order valence-corrected chi connectivity index (χ0v) is 7.88. The van der Waals surface area contributed by atoms with E-state index in [0.29, 0.717) is 0 Å². The van der Waals surface area contributed by atoms with Crippen LogP contribution in [0.2, 0.25) is 0 Å². The van der Waals surface area contributed by atoms with Gasteiger partial charge in [-0.25, -0.2) is 0 Å². The Kier molecular flexibility index (Phi) is 3.81. The summed E-state index contributed by atoms with van der Waals surface area (Å²) in [5.41, 5.74) is 1.43. The summed E-state index contributed by atoms with van der Waals surface area (Å²) in [7, 11) is 2.00. The van der Waals surface area contributed by atoms with Crippen molar-refractivity contribution in [2.24, 2.45) is 5.92 Å². The van der Waals surface area contributed by atoms with Gasteiger partial charge in [0.05, 0.1) is 0 Å². The summed E-state index contributed by atoms with van der Waals surface area (Å²) in [6.07, 6.45) is 1.17. The molecule has 0 saturated heterocycles. The molecule has 0 unspecified atom stereocenters. The molecule has 1 rings (SSSR count). The predicted octanol–water partition coefficient (Wildman–Crippen LogP) is 2.08. The molecule has 0 heterocycles. The van der Waals surface area contributed by atoms with Crippen LogP contribution in [0.1, 0.15) is 12.5 Å². The first kappa shape index (κ1) is 9.27. The molecule has 0 fully saturated rings. The van der Waals surface area contributed by atoms with Crippen LogP contribution in [0.3, 0.4) is 0 Å². The van der Waals surface area contributed by atoms with E-state index in [-0.39, 0.29) is 0 Å². The molecule has 0 aromatic heterocycles. The van der Waals surface area contributed by atoms with Crippen molar-refractivity contribution in [3.8, 4) is 0 Å². The zero-order chi connectivity index (χ0) is 8.81. The van der Waals surface area contributed by atoms with E-state index in [9.17, 15) is 0 Å². The number of hydrogen-bond acceptors (Lipinski definition) is 1. The maximum atomic E-state index is 3.19. The van der Waals surface area contributed by atoms with Crippen LogP contribution in [0.4, 0.5) is 0 Å². The highest BCUT2D eigenvalue weighted by atomic mass is 14.8. The molecule has 1 aromatic rings. The normalized spacial score (nSPS) is 12.8. The maximum absolute atomic E-state index is 3.19. The minimum absolute atomic E-state index is 0.720. The molecule has 0 spiro atoms. The van der Waals surface area contributed by atoms with Gasteiger partial charge in [0.25, 0.3) is 0 Å². The van der Waals surface area contributed by atoms with Crippen LogP contribution < -0.4 is 5.32 Å². The van der Waals surface area contributed by atoms with Gasteiger partial charge in [-0.15, -0.1) is 0 Å². The number of benzene rings is 1. The first-order chi connectivity index (χ1) is 5.83. The first-order valence-corrected chi connectivity index (χ1v) is 4.51. The second-order valence-electron chi connectivity index (χ2n) is 3.35. The van der Waals surface area contributed by atoms with Gasteiger partial charge in [-0.1, -0.05) is 37.3 Å². The Morgan fingerprint density at radius 3 is 2.50 bits per heavy atom. The molecule has 0 saturated carbocycles. The molecule has 0 aliphatic carbocycles. The maximum Gasteiger partial charge on any atom is -0.00230 e. The van der Waals surface area contributed by atoms with Gasteiger partial charge in [-0.2, -0.15) is 0 Å². The Morgan fingerprint density at radius 1 is 1.25 bits per heavy atom. The van der Waals surface area contributed by atoms with Crippen molar-refractivity contribution in [3.05, 3.63) is 35.9 Å². The molecule has 0 radical (unpaired) electrons. The van der Waals surface area contributed by atoms with Gasteiger partial charge in [0, 0.05) is 0 Å². The van der Waals surface area contributed by atoms with Crippen LogP contribution in [0.5, 0.6) is 0 Å². The molecular formula is C11H17N. The Balaban J connectivity index is 2.41. The zero-order valence-electron chi connectivity index (χ0n) is 7.88. The lowest BCUT2D eigenvalue weighted by Crippen LogP contribution is -2.17. The highest BCUT2D eigenvalue weighted by molar-refractivity contribution is 5.15. The van der Waals surface area contributed by atoms with Crippen molar-refractivity contribution in [2.75, 3.05) is 13.6 Å². The third-order valence-electron chi connectivity index (χ3n) is 1.98. The summed E-state index contributed by atoms with van der Waals surface area (Å²) in [5, 5.41) is 3.19. The van der Waals surface area contributed by atoms with E-state index in [0.717, 1.165) is 12.5 Å². The van der Waals surface area contributed by atoms with E-state index >= 15 is 0 Å². The topological polar surface area (TPSA) is 12.0 Å². The van der Waals surface area contributed by atoms with Gasteiger partial charge in [0.1, 0.15) is 0 Å². The Bertz CT molecular complexity index is 206.